The Morgan fingerprint density at radius 1 is 1.16 bits per heavy atom. The lowest BCUT2D eigenvalue weighted by Crippen LogP contribution is -2.46. The molecule has 9 nitrogen and oxygen atoms in total. The fourth-order valence-corrected chi connectivity index (χ4v) is 4.24. The molecular formula is C21H27N5O4S. The molecule has 1 aliphatic rings. The second kappa shape index (κ2) is 8.93. The van der Waals surface area contributed by atoms with Gasteiger partial charge in [0, 0.05) is 12.2 Å². The van der Waals surface area contributed by atoms with Crippen molar-refractivity contribution in [2.75, 3.05) is 28.6 Å². The molecule has 2 amide bonds. The van der Waals surface area contributed by atoms with Crippen molar-refractivity contribution in [2.45, 2.75) is 32.7 Å². The van der Waals surface area contributed by atoms with E-state index < -0.39 is 21.8 Å². The number of aryl methyl sites for hydroxylation is 1. The van der Waals surface area contributed by atoms with E-state index >= 15 is 0 Å². The molecule has 1 fully saturated rings. The molecule has 2 atom stereocenters. The third-order valence-electron chi connectivity index (χ3n) is 5.25. The van der Waals surface area contributed by atoms with Gasteiger partial charge < -0.3 is 16.0 Å². The number of nitrogens with one attached hydrogen (secondary N) is 2. The van der Waals surface area contributed by atoms with Gasteiger partial charge in [-0.25, -0.2) is 13.4 Å². The van der Waals surface area contributed by atoms with Crippen LogP contribution in [-0.2, 0) is 19.6 Å². The van der Waals surface area contributed by atoms with Gasteiger partial charge in [0.25, 0.3) is 0 Å². The van der Waals surface area contributed by atoms with E-state index in [2.05, 4.69) is 15.0 Å². The minimum atomic E-state index is -3.37. The van der Waals surface area contributed by atoms with Crippen molar-refractivity contribution in [2.24, 2.45) is 5.92 Å². The summed E-state index contributed by atoms with van der Waals surface area (Å²) in [4.78, 5) is 31.3. The van der Waals surface area contributed by atoms with E-state index in [0.717, 1.165) is 18.2 Å². The molecule has 2 aromatic rings. The molecule has 0 saturated carbocycles. The first kappa shape index (κ1) is 22.5. The fraction of sp³-hybridized carbons (Fsp3) is 0.381. The number of likely N-dealkylation sites (tertiary alicyclic amines) is 1. The van der Waals surface area contributed by atoms with E-state index in [1.165, 1.54) is 6.20 Å². The van der Waals surface area contributed by atoms with Crippen LogP contribution in [0.3, 0.4) is 0 Å². The number of carbonyl (C=O) groups is 2. The Balaban J connectivity index is 1.78. The van der Waals surface area contributed by atoms with E-state index in [4.69, 9.17) is 5.73 Å². The highest BCUT2D eigenvalue weighted by atomic mass is 32.2. The number of hydrogen-bond donors (Lipinski definition) is 3. The third kappa shape index (κ3) is 5.72. The van der Waals surface area contributed by atoms with Gasteiger partial charge in [0.1, 0.15) is 5.82 Å². The predicted octanol–water partition coefficient (Wildman–Crippen LogP) is 2.28. The van der Waals surface area contributed by atoms with Crippen LogP contribution in [0.4, 0.5) is 17.2 Å². The van der Waals surface area contributed by atoms with Crippen LogP contribution in [0, 0.1) is 12.8 Å². The molecule has 1 aliphatic heterocycles. The van der Waals surface area contributed by atoms with Gasteiger partial charge in [-0.3, -0.25) is 14.3 Å². The number of amides is 2. The third-order valence-corrected chi connectivity index (χ3v) is 5.85. The van der Waals surface area contributed by atoms with Crippen molar-refractivity contribution in [1.82, 2.24) is 9.88 Å². The van der Waals surface area contributed by atoms with Crippen LogP contribution in [0.1, 0.15) is 36.9 Å². The molecule has 31 heavy (non-hydrogen) atoms. The number of benzene rings is 1. The van der Waals surface area contributed by atoms with Crippen molar-refractivity contribution in [3.05, 3.63) is 47.7 Å². The number of piperidine rings is 1. The van der Waals surface area contributed by atoms with E-state index in [1.807, 2.05) is 6.92 Å². The molecule has 1 aromatic carbocycles. The number of nitrogen functional groups attached to an aromatic ring is 1. The standard InChI is InChI=1S/C21H27N5O4S/c1-13-4-9-18(15-5-7-16(8-6-15)25-31(3,29)30)26(12-13)21(28)20(27)24-17-10-14(2)19(22)23-11-17/h5-8,10-11,13,18,25H,4,9,12H2,1-3H3,(H2,22,23)(H,24,27)/t13-,18+/m1/s1. The van der Waals surface area contributed by atoms with Gasteiger partial charge in [0.2, 0.25) is 10.0 Å². The first-order chi connectivity index (χ1) is 14.5. The van der Waals surface area contributed by atoms with Gasteiger partial charge in [-0.1, -0.05) is 19.1 Å². The summed E-state index contributed by atoms with van der Waals surface area (Å²) in [5, 5.41) is 2.60. The Bertz CT molecular complexity index is 1090. The molecule has 1 aromatic heterocycles. The first-order valence-electron chi connectivity index (χ1n) is 9.95. The number of sulfonamides is 1. The molecule has 3 rings (SSSR count). The minimum absolute atomic E-state index is 0.264. The zero-order valence-electron chi connectivity index (χ0n) is 17.8. The lowest BCUT2D eigenvalue weighted by molar-refractivity contribution is -0.146. The number of aromatic nitrogens is 1. The Kier molecular flexibility index (Phi) is 6.49. The topological polar surface area (TPSA) is 134 Å². The molecule has 0 aliphatic carbocycles. The lowest BCUT2D eigenvalue weighted by atomic mass is 9.89. The van der Waals surface area contributed by atoms with Gasteiger partial charge in [0.05, 0.1) is 24.2 Å². The molecule has 10 heteroatoms. The Morgan fingerprint density at radius 3 is 2.45 bits per heavy atom. The fourth-order valence-electron chi connectivity index (χ4n) is 3.68. The molecule has 1 saturated heterocycles. The molecule has 166 valence electrons. The number of hydrogen-bond acceptors (Lipinski definition) is 6. The largest absolute Gasteiger partial charge is 0.383 e. The monoisotopic (exact) mass is 445 g/mol. The predicted molar refractivity (Wildman–Crippen MR) is 120 cm³/mol. The normalized spacial score (nSPS) is 19.0. The smallest absolute Gasteiger partial charge is 0.313 e. The Hall–Kier alpha value is -3.14. The summed E-state index contributed by atoms with van der Waals surface area (Å²) >= 11 is 0. The maximum absolute atomic E-state index is 13.0. The summed E-state index contributed by atoms with van der Waals surface area (Å²) < 4.78 is 25.2. The highest BCUT2D eigenvalue weighted by molar-refractivity contribution is 7.92. The number of pyridine rings is 1. The number of anilines is 3. The van der Waals surface area contributed by atoms with Crippen molar-refractivity contribution in [3.63, 3.8) is 0 Å². The molecule has 0 spiro atoms. The first-order valence-corrected chi connectivity index (χ1v) is 11.8. The minimum Gasteiger partial charge on any atom is -0.383 e. The average Bonchev–Trinajstić information content (AvgIpc) is 2.69. The second-order valence-electron chi connectivity index (χ2n) is 8.03. The molecule has 0 bridgehead atoms. The zero-order chi connectivity index (χ0) is 22.8. The Morgan fingerprint density at radius 2 is 1.84 bits per heavy atom. The SMILES string of the molecule is Cc1cc(NC(=O)C(=O)N2C[C@H](C)CC[C@H]2c2ccc(NS(C)(=O)=O)cc2)cnc1N. The number of rotatable bonds is 4. The molecule has 0 radical (unpaired) electrons. The number of nitrogens with zero attached hydrogens (tertiary/aromatic N) is 2. The van der Waals surface area contributed by atoms with E-state index in [1.54, 1.807) is 42.2 Å². The second-order valence-corrected chi connectivity index (χ2v) is 9.78. The van der Waals surface area contributed by atoms with E-state index in [-0.39, 0.29) is 12.0 Å². The maximum Gasteiger partial charge on any atom is 0.313 e. The van der Waals surface area contributed by atoms with Gasteiger partial charge in [-0.05, 0) is 55.0 Å². The quantitative estimate of drug-likeness (QED) is 0.618. The maximum atomic E-state index is 13.0. The molecule has 4 N–H and O–H groups in total. The number of nitrogens with two attached hydrogens (primary N) is 1. The highest BCUT2D eigenvalue weighted by Gasteiger charge is 2.34. The van der Waals surface area contributed by atoms with Crippen molar-refractivity contribution >= 4 is 39.0 Å². The van der Waals surface area contributed by atoms with Crippen LogP contribution >= 0.6 is 0 Å². The van der Waals surface area contributed by atoms with E-state index in [0.29, 0.717) is 35.7 Å². The van der Waals surface area contributed by atoms with Gasteiger partial charge in [-0.15, -0.1) is 0 Å². The summed E-state index contributed by atoms with van der Waals surface area (Å²) in [6.45, 7) is 4.27. The molecule has 0 unspecified atom stereocenters. The van der Waals surface area contributed by atoms with Crippen LogP contribution in [0.5, 0.6) is 0 Å². The van der Waals surface area contributed by atoms with Crippen LogP contribution in [0.2, 0.25) is 0 Å². The molecular weight excluding hydrogens is 418 g/mol. The van der Waals surface area contributed by atoms with Crippen LogP contribution < -0.4 is 15.8 Å². The van der Waals surface area contributed by atoms with Gasteiger partial charge >= 0.3 is 11.8 Å². The van der Waals surface area contributed by atoms with Crippen LogP contribution in [0.15, 0.2) is 36.5 Å². The summed E-state index contributed by atoms with van der Waals surface area (Å²) in [6, 6.07) is 8.25. The summed E-state index contributed by atoms with van der Waals surface area (Å²) in [6.07, 6.45) is 4.12. The van der Waals surface area contributed by atoms with Gasteiger partial charge in [0.15, 0.2) is 0 Å². The zero-order valence-corrected chi connectivity index (χ0v) is 18.6. The van der Waals surface area contributed by atoms with Gasteiger partial charge in [-0.2, -0.15) is 0 Å². The lowest BCUT2D eigenvalue weighted by Gasteiger charge is -2.38. The van der Waals surface area contributed by atoms with Crippen molar-refractivity contribution in [1.29, 1.82) is 0 Å². The van der Waals surface area contributed by atoms with Crippen molar-refractivity contribution < 1.29 is 18.0 Å². The summed E-state index contributed by atoms with van der Waals surface area (Å²) in [5.41, 5.74) is 8.10. The Labute approximate surface area is 182 Å². The average molecular weight is 446 g/mol. The van der Waals surface area contributed by atoms with Crippen LogP contribution in [-0.4, -0.2) is 42.9 Å². The van der Waals surface area contributed by atoms with Crippen molar-refractivity contribution in [3.8, 4) is 0 Å². The summed E-state index contributed by atoms with van der Waals surface area (Å²) in [5.74, 6) is -0.729. The summed E-state index contributed by atoms with van der Waals surface area (Å²) in [7, 11) is -3.37. The highest BCUT2D eigenvalue weighted by Crippen LogP contribution is 2.34. The number of carbonyl (C=O) groups excluding carboxylic acids is 2. The van der Waals surface area contributed by atoms with E-state index in [9.17, 15) is 18.0 Å². The molecule has 2 heterocycles. The van der Waals surface area contributed by atoms with Crippen LogP contribution in [0.25, 0.3) is 0 Å².